The zero-order valence-corrected chi connectivity index (χ0v) is 23.0. The molecular weight excluding hydrogens is 432 g/mol. The fraction of sp³-hybridized carbons (Fsp3) is 0.556. The van der Waals surface area contributed by atoms with Gasteiger partial charge in [-0.05, 0) is 97.1 Å². The lowest BCUT2D eigenvalue weighted by atomic mass is 9.70. The summed E-state index contributed by atoms with van der Waals surface area (Å²) in [5.74, 6) is 9.83. The van der Waals surface area contributed by atoms with Crippen molar-refractivity contribution in [2.45, 2.75) is 110 Å². The normalized spacial score (nSPS) is 21.9. The molecule has 0 aromatic heterocycles. The minimum absolute atomic E-state index is 0.907. The lowest BCUT2D eigenvalue weighted by Gasteiger charge is -2.35. The van der Waals surface area contributed by atoms with E-state index in [4.69, 9.17) is 0 Å². The Labute approximate surface area is 222 Å². The van der Waals surface area contributed by atoms with E-state index < -0.39 is 0 Å². The fourth-order valence-electron chi connectivity index (χ4n) is 6.35. The molecule has 0 heteroatoms. The predicted molar refractivity (Wildman–Crippen MR) is 157 cm³/mol. The van der Waals surface area contributed by atoms with Crippen molar-refractivity contribution >= 4 is 0 Å². The van der Waals surface area contributed by atoms with Crippen LogP contribution in [0.1, 0.15) is 115 Å². The Kier molecular flexibility index (Phi) is 10.8. The molecule has 0 radical (unpaired) electrons. The second-order valence-corrected chi connectivity index (χ2v) is 11.5. The van der Waals surface area contributed by atoms with Crippen LogP contribution < -0.4 is 0 Å². The Morgan fingerprint density at radius 1 is 0.667 bits per heavy atom. The van der Waals surface area contributed by atoms with Gasteiger partial charge in [-0.3, -0.25) is 0 Å². The maximum Gasteiger partial charge on any atom is 0.0249 e. The third-order valence-electron chi connectivity index (χ3n) is 8.83. The highest BCUT2D eigenvalue weighted by atomic mass is 14.3. The van der Waals surface area contributed by atoms with Crippen LogP contribution in [0.3, 0.4) is 0 Å². The third kappa shape index (κ3) is 8.13. The minimum atomic E-state index is 0.907. The average molecular weight is 481 g/mol. The van der Waals surface area contributed by atoms with Crippen LogP contribution in [0.15, 0.2) is 60.2 Å². The highest BCUT2D eigenvalue weighted by Gasteiger charge is 2.28. The van der Waals surface area contributed by atoms with Gasteiger partial charge in [0.05, 0.1) is 0 Å². The monoisotopic (exact) mass is 480 g/mol. The molecular formula is C36H48. The average Bonchev–Trinajstić information content (AvgIpc) is 2.94. The molecule has 0 nitrogen and oxygen atoms in total. The zero-order valence-electron chi connectivity index (χ0n) is 23.0. The molecule has 2 aliphatic carbocycles. The Morgan fingerprint density at radius 3 is 2.00 bits per heavy atom. The van der Waals surface area contributed by atoms with Crippen LogP contribution in [0.25, 0.3) is 11.1 Å². The molecule has 0 saturated heterocycles. The van der Waals surface area contributed by atoms with Gasteiger partial charge in [0.15, 0.2) is 0 Å². The van der Waals surface area contributed by atoms with Gasteiger partial charge >= 0.3 is 0 Å². The summed E-state index contributed by atoms with van der Waals surface area (Å²) in [6.45, 7) is 4.56. The van der Waals surface area contributed by atoms with Crippen LogP contribution in [0, 0.1) is 29.6 Å². The van der Waals surface area contributed by atoms with Crippen molar-refractivity contribution in [3.05, 3.63) is 71.3 Å². The molecule has 0 amide bonds. The van der Waals surface area contributed by atoms with Gasteiger partial charge in [-0.1, -0.05) is 120 Å². The zero-order chi connectivity index (χ0) is 25.0. The summed E-state index contributed by atoms with van der Waals surface area (Å²) in [7, 11) is 0. The van der Waals surface area contributed by atoms with E-state index in [2.05, 4.69) is 80.3 Å². The Bertz CT molecular complexity index is 987. The van der Waals surface area contributed by atoms with Crippen LogP contribution in [0.4, 0.5) is 0 Å². The van der Waals surface area contributed by atoms with Crippen molar-refractivity contribution < 1.29 is 0 Å². The van der Waals surface area contributed by atoms with Gasteiger partial charge in [-0.2, -0.15) is 0 Å². The van der Waals surface area contributed by atoms with E-state index in [0.717, 1.165) is 23.3 Å². The standard InChI is InChI=1S/C36H48/c1-3-5-7-8-10-30-15-23-34(24-16-30)36-27-19-32(20-28-36)12-11-31-17-25-35(26-18-31)33-21-13-29(14-22-33)9-6-4-2/h13-14,17-19,21-22,25-26,30,34,36H,3-10,15-16,20,23-24,27-28H2,1-2H3. The molecule has 0 spiro atoms. The molecule has 0 N–H and O–H groups in total. The van der Waals surface area contributed by atoms with Gasteiger partial charge in [0.25, 0.3) is 0 Å². The van der Waals surface area contributed by atoms with Crippen molar-refractivity contribution in [3.8, 4) is 23.0 Å². The van der Waals surface area contributed by atoms with Gasteiger partial charge in [-0.25, -0.2) is 0 Å². The summed E-state index contributed by atoms with van der Waals surface area (Å²) >= 11 is 0. The summed E-state index contributed by atoms with van der Waals surface area (Å²) in [6.07, 6.45) is 23.1. The molecule has 0 heterocycles. The largest absolute Gasteiger partial charge is 0.0726 e. The Hall–Kier alpha value is -2.26. The highest BCUT2D eigenvalue weighted by Crippen LogP contribution is 2.40. The van der Waals surface area contributed by atoms with Crippen LogP contribution in [0.5, 0.6) is 0 Å². The van der Waals surface area contributed by atoms with E-state index >= 15 is 0 Å². The van der Waals surface area contributed by atoms with E-state index in [-0.39, 0.29) is 0 Å². The smallest absolute Gasteiger partial charge is 0.0249 e. The molecule has 1 saturated carbocycles. The third-order valence-corrected chi connectivity index (χ3v) is 8.83. The fourth-order valence-corrected chi connectivity index (χ4v) is 6.35. The van der Waals surface area contributed by atoms with E-state index in [1.807, 2.05) is 0 Å². The first-order valence-electron chi connectivity index (χ1n) is 15.2. The summed E-state index contributed by atoms with van der Waals surface area (Å²) < 4.78 is 0. The van der Waals surface area contributed by atoms with Gasteiger partial charge in [0.2, 0.25) is 0 Å². The van der Waals surface area contributed by atoms with Gasteiger partial charge < -0.3 is 0 Å². The number of benzene rings is 2. The number of hydrogen-bond acceptors (Lipinski definition) is 0. The topological polar surface area (TPSA) is 0 Å². The van der Waals surface area contributed by atoms with Crippen LogP contribution >= 0.6 is 0 Å². The Balaban J connectivity index is 1.23. The molecule has 1 fully saturated rings. The second kappa shape index (κ2) is 14.5. The summed E-state index contributed by atoms with van der Waals surface area (Å²) in [6, 6.07) is 17.9. The predicted octanol–water partition coefficient (Wildman–Crippen LogP) is 10.6. The molecule has 1 atom stereocenters. The molecule has 0 bridgehead atoms. The molecule has 0 aliphatic heterocycles. The number of allylic oxidation sites excluding steroid dienone is 2. The van der Waals surface area contributed by atoms with Crippen LogP contribution in [-0.4, -0.2) is 0 Å². The van der Waals surface area contributed by atoms with Crippen molar-refractivity contribution in [2.75, 3.05) is 0 Å². The minimum Gasteiger partial charge on any atom is -0.0726 e. The Morgan fingerprint density at radius 2 is 1.36 bits per heavy atom. The molecule has 2 aliphatic rings. The first kappa shape index (κ1) is 26.8. The van der Waals surface area contributed by atoms with E-state index in [1.54, 1.807) is 0 Å². The number of rotatable bonds is 10. The van der Waals surface area contributed by atoms with Crippen LogP contribution in [0.2, 0.25) is 0 Å². The first-order valence-corrected chi connectivity index (χ1v) is 15.2. The number of hydrogen-bond donors (Lipinski definition) is 0. The summed E-state index contributed by atoms with van der Waals surface area (Å²) in [4.78, 5) is 0. The van der Waals surface area contributed by atoms with Crippen molar-refractivity contribution in [1.82, 2.24) is 0 Å². The van der Waals surface area contributed by atoms with Crippen LogP contribution in [-0.2, 0) is 6.42 Å². The van der Waals surface area contributed by atoms with Crippen molar-refractivity contribution in [3.63, 3.8) is 0 Å². The van der Waals surface area contributed by atoms with Gasteiger partial charge in [0, 0.05) is 5.56 Å². The summed E-state index contributed by atoms with van der Waals surface area (Å²) in [5, 5.41) is 0. The molecule has 2 aromatic rings. The van der Waals surface area contributed by atoms with E-state index in [0.29, 0.717) is 0 Å². The maximum absolute atomic E-state index is 3.50. The maximum atomic E-state index is 3.50. The lowest BCUT2D eigenvalue weighted by Crippen LogP contribution is -2.23. The number of unbranched alkanes of at least 4 members (excludes halogenated alkanes) is 4. The van der Waals surface area contributed by atoms with E-state index in [9.17, 15) is 0 Å². The molecule has 2 aromatic carbocycles. The van der Waals surface area contributed by atoms with Crippen molar-refractivity contribution in [2.24, 2.45) is 17.8 Å². The molecule has 4 rings (SSSR count). The molecule has 1 unspecified atom stereocenters. The van der Waals surface area contributed by atoms with Crippen molar-refractivity contribution in [1.29, 1.82) is 0 Å². The molecule has 192 valence electrons. The highest BCUT2D eigenvalue weighted by molar-refractivity contribution is 5.64. The van der Waals surface area contributed by atoms with Gasteiger partial charge in [-0.15, -0.1) is 0 Å². The summed E-state index contributed by atoms with van der Waals surface area (Å²) in [5.41, 5.74) is 6.50. The van der Waals surface area contributed by atoms with Gasteiger partial charge in [0.1, 0.15) is 0 Å². The molecule has 36 heavy (non-hydrogen) atoms. The number of aryl methyl sites for hydroxylation is 1. The SMILES string of the molecule is CCCCCCC1CCC(C2CC=C(C#Cc3ccc(-c4ccc(CCCC)cc4)cc3)CC2)CC1. The first-order chi connectivity index (χ1) is 17.7. The lowest BCUT2D eigenvalue weighted by molar-refractivity contribution is 0.186. The van der Waals surface area contributed by atoms with E-state index in [1.165, 1.54) is 119 Å². The second-order valence-electron chi connectivity index (χ2n) is 11.5. The quantitative estimate of drug-likeness (QED) is 0.234.